The van der Waals surface area contributed by atoms with Gasteiger partial charge in [-0.1, -0.05) is 0 Å². The summed E-state index contributed by atoms with van der Waals surface area (Å²) in [5.74, 6) is -2.93. The van der Waals surface area contributed by atoms with Crippen molar-refractivity contribution >= 4 is 50.1 Å². The number of alkyl halides is 3. The van der Waals surface area contributed by atoms with Crippen LogP contribution in [-0.2, 0) is 14.3 Å². The third-order valence-corrected chi connectivity index (χ3v) is 7.94. The number of aromatic nitrogens is 4. The topological polar surface area (TPSA) is 129 Å². The second kappa shape index (κ2) is 10.1. The Morgan fingerprint density at radius 1 is 1.15 bits per heavy atom. The molecule has 15 heteroatoms. The average molecular weight is 589 g/mol. The molecule has 6 heterocycles. The lowest BCUT2D eigenvalue weighted by Gasteiger charge is -2.32. The number of nitrogens with two attached hydrogens (primary N) is 1. The van der Waals surface area contributed by atoms with Crippen molar-refractivity contribution in [1.82, 2.24) is 24.6 Å². The lowest BCUT2D eigenvalue weighted by molar-refractivity contribution is -0.200. The molecule has 212 valence electrons. The fourth-order valence-electron chi connectivity index (χ4n) is 4.88. The second-order valence-corrected chi connectivity index (χ2v) is 10.3. The predicted molar refractivity (Wildman–Crippen MR) is 140 cm³/mol. The molecule has 0 spiro atoms. The van der Waals surface area contributed by atoms with Crippen LogP contribution in [0.2, 0.25) is 0 Å². The van der Waals surface area contributed by atoms with E-state index >= 15 is 0 Å². The lowest BCUT2D eigenvalue weighted by atomic mass is 10.0. The third-order valence-electron chi connectivity index (χ3n) is 6.96. The molecule has 0 bridgehead atoms. The fourth-order valence-corrected chi connectivity index (χ4v) is 5.82. The number of furan rings is 1. The number of fused-ring (bicyclic) bond motifs is 2. The number of nitrogen functional groups attached to an aromatic ring is 1. The van der Waals surface area contributed by atoms with Gasteiger partial charge in [0, 0.05) is 64.5 Å². The number of hydrogen-bond acceptors (Lipinski definition) is 9. The Morgan fingerprint density at radius 3 is 2.68 bits per heavy atom. The minimum atomic E-state index is -5.15. The van der Waals surface area contributed by atoms with Crippen molar-refractivity contribution in [3.63, 3.8) is 0 Å². The van der Waals surface area contributed by atoms with E-state index in [-0.39, 0.29) is 24.9 Å². The number of thiophene rings is 1. The molecule has 0 unspecified atom stereocenters. The maximum Gasteiger partial charge on any atom is 0.490 e. The highest BCUT2D eigenvalue weighted by Crippen LogP contribution is 2.41. The lowest BCUT2D eigenvalue weighted by Crippen LogP contribution is -2.42. The Morgan fingerprint density at radius 2 is 1.93 bits per heavy atom. The molecule has 0 aromatic carbocycles. The zero-order valence-corrected chi connectivity index (χ0v) is 21.8. The number of piperidine rings is 1. The van der Waals surface area contributed by atoms with E-state index in [4.69, 9.17) is 10.2 Å². The smallest absolute Gasteiger partial charge is 0.452 e. The molecule has 0 saturated carbocycles. The number of hydrogen-bond donors (Lipinski definition) is 1. The Kier molecular flexibility index (Phi) is 6.60. The highest BCUT2D eigenvalue weighted by Gasteiger charge is 2.41. The van der Waals surface area contributed by atoms with Crippen LogP contribution in [0.25, 0.3) is 43.5 Å². The Bertz CT molecular complexity index is 1790. The number of ether oxygens (including phenoxy) is 1. The first kappa shape index (κ1) is 26.7. The van der Waals surface area contributed by atoms with Crippen molar-refractivity contribution in [2.75, 3.05) is 25.4 Å². The average Bonchev–Trinajstić information content (AvgIpc) is 3.70. The molecule has 0 atom stereocenters. The summed E-state index contributed by atoms with van der Waals surface area (Å²) in [5.41, 5.74) is 8.68. The van der Waals surface area contributed by atoms with E-state index in [0.717, 1.165) is 11.1 Å². The number of halogens is 4. The molecule has 10 nitrogen and oxygen atoms in total. The maximum atomic E-state index is 14.1. The first-order valence-electron chi connectivity index (χ1n) is 12.4. The van der Waals surface area contributed by atoms with Crippen LogP contribution in [0.1, 0.15) is 18.9 Å². The van der Waals surface area contributed by atoms with Gasteiger partial charge in [0.2, 0.25) is 5.95 Å². The predicted octanol–water partition coefficient (Wildman–Crippen LogP) is 4.96. The van der Waals surface area contributed by atoms with Crippen LogP contribution >= 0.6 is 11.3 Å². The second-order valence-electron chi connectivity index (χ2n) is 9.43. The van der Waals surface area contributed by atoms with Gasteiger partial charge in [-0.3, -0.25) is 9.48 Å². The summed E-state index contributed by atoms with van der Waals surface area (Å²) in [6.07, 6.45) is 2.39. The summed E-state index contributed by atoms with van der Waals surface area (Å²) < 4.78 is 63.4. The molecule has 1 fully saturated rings. The van der Waals surface area contributed by atoms with E-state index in [0.29, 0.717) is 45.2 Å². The maximum absolute atomic E-state index is 14.1. The SMILES string of the molecule is Nc1ncc(-c2cnn(C3CCN(C(=O)COC(=O)C(F)(F)F)CC3)c2)c2cc(-c3csc4c(F)nccc34)oc12. The summed E-state index contributed by atoms with van der Waals surface area (Å²) in [7, 11) is 0. The number of amides is 1. The van der Waals surface area contributed by atoms with Crippen molar-refractivity contribution in [3.8, 4) is 22.5 Å². The standard InChI is InChI=1S/C26H20F4N6O4S/c27-23-22-15(1-4-32-23)18(12-41-22)19-7-16-17(9-33-24(31)21(16)40-19)13-8-34-36(10-13)14-2-5-35(6-3-14)20(37)11-39-25(38)26(28,29)30/h1,4,7-10,12,14H,2-3,5-6,11H2,(H2,31,33). The first-order chi connectivity index (χ1) is 19.6. The fraction of sp³-hybridized carbons (Fsp3) is 0.269. The molecule has 5 aromatic heterocycles. The van der Waals surface area contributed by atoms with E-state index in [9.17, 15) is 27.2 Å². The number of esters is 1. The van der Waals surface area contributed by atoms with E-state index in [1.807, 2.05) is 12.3 Å². The monoisotopic (exact) mass is 588 g/mol. The van der Waals surface area contributed by atoms with Gasteiger partial charge in [0.1, 0.15) is 5.76 Å². The summed E-state index contributed by atoms with van der Waals surface area (Å²) >= 11 is 1.23. The van der Waals surface area contributed by atoms with Crippen LogP contribution in [0.15, 0.2) is 46.7 Å². The van der Waals surface area contributed by atoms with Crippen molar-refractivity contribution < 1.29 is 36.3 Å². The summed E-state index contributed by atoms with van der Waals surface area (Å²) in [4.78, 5) is 32.4. The zero-order valence-electron chi connectivity index (χ0n) is 21.0. The van der Waals surface area contributed by atoms with Gasteiger partial charge >= 0.3 is 12.1 Å². The molecule has 2 N–H and O–H groups in total. The molecule has 1 aliphatic rings. The number of rotatable bonds is 5. The molecule has 1 amide bonds. The summed E-state index contributed by atoms with van der Waals surface area (Å²) in [6.45, 7) is -0.424. The number of nitrogens with zero attached hydrogens (tertiary/aromatic N) is 5. The largest absolute Gasteiger partial charge is 0.490 e. The number of anilines is 1. The van der Waals surface area contributed by atoms with E-state index in [1.165, 1.54) is 22.4 Å². The van der Waals surface area contributed by atoms with Crippen LogP contribution in [0.3, 0.4) is 0 Å². The van der Waals surface area contributed by atoms with E-state index < -0.39 is 30.6 Å². The Hall–Kier alpha value is -4.53. The summed E-state index contributed by atoms with van der Waals surface area (Å²) in [5, 5.41) is 7.66. The van der Waals surface area contributed by atoms with Gasteiger partial charge < -0.3 is 19.8 Å². The van der Waals surface area contributed by atoms with Crippen molar-refractivity contribution in [3.05, 3.63) is 48.2 Å². The molecular weight excluding hydrogens is 568 g/mol. The van der Waals surface area contributed by atoms with Crippen LogP contribution in [0, 0.1) is 5.95 Å². The van der Waals surface area contributed by atoms with Crippen molar-refractivity contribution in [2.45, 2.75) is 25.1 Å². The third kappa shape index (κ3) is 4.96. The number of likely N-dealkylation sites (tertiary alicyclic amines) is 1. The van der Waals surface area contributed by atoms with E-state index in [1.54, 1.807) is 28.5 Å². The highest BCUT2D eigenvalue weighted by atomic mass is 32.1. The van der Waals surface area contributed by atoms with Crippen molar-refractivity contribution in [2.24, 2.45) is 0 Å². The van der Waals surface area contributed by atoms with Crippen LogP contribution < -0.4 is 5.73 Å². The number of carbonyl (C=O) groups excluding carboxylic acids is 2. The van der Waals surface area contributed by atoms with Crippen LogP contribution in [-0.4, -0.2) is 62.4 Å². The highest BCUT2D eigenvalue weighted by molar-refractivity contribution is 7.17. The number of pyridine rings is 2. The van der Waals surface area contributed by atoms with Gasteiger partial charge in [-0.2, -0.15) is 22.7 Å². The quantitative estimate of drug-likeness (QED) is 0.173. The van der Waals surface area contributed by atoms with Gasteiger partial charge in [-0.15, -0.1) is 11.3 Å². The van der Waals surface area contributed by atoms with Gasteiger partial charge in [-0.05, 0) is 25.0 Å². The molecule has 1 saturated heterocycles. The Labute approximate surface area is 232 Å². The molecule has 6 rings (SSSR count). The molecule has 41 heavy (non-hydrogen) atoms. The van der Waals surface area contributed by atoms with Gasteiger partial charge in [0.05, 0.1) is 16.9 Å². The van der Waals surface area contributed by atoms with Crippen LogP contribution in [0.4, 0.5) is 23.4 Å². The molecule has 5 aromatic rings. The molecule has 0 radical (unpaired) electrons. The minimum absolute atomic E-state index is 0.0663. The zero-order chi connectivity index (χ0) is 28.9. The van der Waals surface area contributed by atoms with Crippen LogP contribution in [0.5, 0.6) is 0 Å². The number of carbonyl (C=O) groups is 2. The molecule has 0 aliphatic carbocycles. The van der Waals surface area contributed by atoms with Crippen molar-refractivity contribution in [1.29, 1.82) is 0 Å². The minimum Gasteiger partial charge on any atom is -0.452 e. The van der Waals surface area contributed by atoms with E-state index in [2.05, 4.69) is 19.8 Å². The first-order valence-corrected chi connectivity index (χ1v) is 13.2. The van der Waals surface area contributed by atoms with Gasteiger partial charge in [-0.25, -0.2) is 14.8 Å². The molecule has 1 aliphatic heterocycles. The normalized spacial score (nSPS) is 14.7. The van der Waals surface area contributed by atoms with Gasteiger partial charge in [0.25, 0.3) is 5.91 Å². The van der Waals surface area contributed by atoms with Gasteiger partial charge in [0.15, 0.2) is 18.0 Å². The molecular formula is C26H20F4N6O4S. The Balaban J connectivity index is 1.19. The summed E-state index contributed by atoms with van der Waals surface area (Å²) in [6, 6.07) is 3.48.